The van der Waals surface area contributed by atoms with Crippen molar-refractivity contribution in [2.24, 2.45) is 0 Å². The molecule has 0 bridgehead atoms. The number of hydrogen-bond acceptors (Lipinski definition) is 6. The van der Waals surface area contributed by atoms with Crippen LogP contribution in [0.15, 0.2) is 18.2 Å². The minimum absolute atomic E-state index is 0.144. The van der Waals surface area contributed by atoms with Gasteiger partial charge in [0.1, 0.15) is 5.82 Å². The van der Waals surface area contributed by atoms with Crippen LogP contribution in [0.25, 0.3) is 0 Å². The minimum atomic E-state index is -0.537. The number of aryl methyl sites for hydroxylation is 1. The van der Waals surface area contributed by atoms with E-state index in [4.69, 9.17) is 21.1 Å². The summed E-state index contributed by atoms with van der Waals surface area (Å²) >= 11 is 6.01. The highest BCUT2D eigenvalue weighted by atomic mass is 35.5. The number of benzene rings is 1. The maximum absolute atomic E-state index is 14.4. The Hall–Kier alpha value is -2.65. The van der Waals surface area contributed by atoms with Crippen molar-refractivity contribution in [3.63, 3.8) is 0 Å². The van der Waals surface area contributed by atoms with Crippen LogP contribution in [0.3, 0.4) is 0 Å². The molecule has 10 heteroatoms. The third kappa shape index (κ3) is 4.57. The third-order valence-corrected chi connectivity index (χ3v) is 5.50. The Morgan fingerprint density at radius 1 is 1.40 bits per heavy atom. The fourth-order valence-corrected chi connectivity index (χ4v) is 3.77. The zero-order chi connectivity index (χ0) is 21.8. The number of H-pyrrole nitrogens is 1. The maximum Gasteiger partial charge on any atom is 0.337 e. The second-order valence-corrected chi connectivity index (χ2v) is 7.31. The van der Waals surface area contributed by atoms with Gasteiger partial charge in [0.15, 0.2) is 11.0 Å². The molecular formula is C20H24ClFN4O4. The number of piperidine rings is 1. The molecule has 1 saturated heterocycles. The van der Waals surface area contributed by atoms with Crippen LogP contribution in [-0.2, 0) is 15.9 Å². The average Bonchev–Trinajstić information content (AvgIpc) is 3.14. The van der Waals surface area contributed by atoms with Crippen molar-refractivity contribution in [2.45, 2.75) is 31.9 Å². The second kappa shape index (κ2) is 9.44. The summed E-state index contributed by atoms with van der Waals surface area (Å²) in [6.45, 7) is 2.71. The zero-order valence-electron chi connectivity index (χ0n) is 17.0. The first-order valence-corrected chi connectivity index (χ1v) is 9.96. The van der Waals surface area contributed by atoms with E-state index in [0.29, 0.717) is 31.6 Å². The lowest BCUT2D eigenvalue weighted by Crippen LogP contribution is -2.55. The SMILES string of the molecule is CCc1[nH]c(C(=O)N[C@H]2CCN(c3cc(C(=O)OC)ccc3F)C[C@H]2OC)nc1Cl. The number of esters is 1. The molecule has 3 rings (SSSR count). The first-order valence-electron chi connectivity index (χ1n) is 9.58. The van der Waals surface area contributed by atoms with Crippen LogP contribution >= 0.6 is 11.6 Å². The summed E-state index contributed by atoms with van der Waals surface area (Å²) in [4.78, 5) is 33.1. The number of rotatable bonds is 6. The van der Waals surface area contributed by atoms with Crippen LogP contribution in [0, 0.1) is 5.82 Å². The Bertz CT molecular complexity index is 936. The number of nitrogens with one attached hydrogen (secondary N) is 2. The van der Waals surface area contributed by atoms with E-state index in [1.807, 2.05) is 6.92 Å². The Morgan fingerprint density at radius 3 is 2.80 bits per heavy atom. The molecule has 8 nitrogen and oxygen atoms in total. The van der Waals surface area contributed by atoms with Gasteiger partial charge in [-0.2, -0.15) is 0 Å². The molecule has 1 fully saturated rings. The molecule has 0 radical (unpaired) electrons. The number of methoxy groups -OCH3 is 2. The molecule has 2 aromatic rings. The standard InChI is InChI=1S/C20H24ClFN4O4/c1-4-13-17(21)25-18(23-13)19(27)24-14-7-8-26(10-16(14)29-2)15-9-11(20(28)30-3)5-6-12(15)22/h5-6,9,14,16H,4,7-8,10H2,1-3H3,(H,23,25)(H,24,27)/t14-,16+/m0/s1. The highest BCUT2D eigenvalue weighted by Crippen LogP contribution is 2.26. The third-order valence-electron chi connectivity index (χ3n) is 5.18. The predicted molar refractivity (Wildman–Crippen MR) is 110 cm³/mol. The van der Waals surface area contributed by atoms with Crippen molar-refractivity contribution >= 4 is 29.2 Å². The number of anilines is 1. The summed E-state index contributed by atoms with van der Waals surface area (Å²) in [7, 11) is 2.81. The fraction of sp³-hybridized carbons (Fsp3) is 0.450. The molecule has 1 aliphatic rings. The molecule has 0 spiro atoms. The molecule has 1 amide bonds. The van der Waals surface area contributed by atoms with Crippen LogP contribution in [0.5, 0.6) is 0 Å². The Morgan fingerprint density at radius 2 is 2.17 bits per heavy atom. The van der Waals surface area contributed by atoms with E-state index in [-0.39, 0.29) is 40.3 Å². The zero-order valence-corrected chi connectivity index (χ0v) is 17.8. The maximum atomic E-state index is 14.4. The van der Waals surface area contributed by atoms with Gasteiger partial charge in [-0.15, -0.1) is 0 Å². The van der Waals surface area contributed by atoms with E-state index in [1.165, 1.54) is 32.4 Å². The molecule has 0 saturated carbocycles. The summed E-state index contributed by atoms with van der Waals surface area (Å²) in [5, 5.41) is 3.19. The van der Waals surface area contributed by atoms with E-state index < -0.39 is 11.8 Å². The van der Waals surface area contributed by atoms with Crippen molar-refractivity contribution in [2.75, 3.05) is 32.2 Å². The number of nitrogens with zero attached hydrogens (tertiary/aromatic N) is 2. The van der Waals surface area contributed by atoms with Crippen LogP contribution in [0.4, 0.5) is 10.1 Å². The Labute approximate surface area is 178 Å². The van der Waals surface area contributed by atoms with Crippen LogP contribution in [-0.4, -0.2) is 61.3 Å². The van der Waals surface area contributed by atoms with Gasteiger partial charge in [-0.25, -0.2) is 14.2 Å². The van der Waals surface area contributed by atoms with Gasteiger partial charge in [0.05, 0.1) is 36.2 Å². The number of carbonyl (C=O) groups excluding carboxylic acids is 2. The van der Waals surface area contributed by atoms with Crippen molar-refractivity contribution in [3.05, 3.63) is 46.3 Å². The van der Waals surface area contributed by atoms with E-state index in [1.54, 1.807) is 4.90 Å². The predicted octanol–water partition coefficient (Wildman–Crippen LogP) is 2.57. The van der Waals surface area contributed by atoms with Crippen molar-refractivity contribution in [3.8, 4) is 0 Å². The highest BCUT2D eigenvalue weighted by Gasteiger charge is 2.32. The van der Waals surface area contributed by atoms with E-state index in [9.17, 15) is 14.0 Å². The van der Waals surface area contributed by atoms with Gasteiger partial charge in [-0.1, -0.05) is 18.5 Å². The van der Waals surface area contributed by atoms with E-state index in [2.05, 4.69) is 15.3 Å². The van der Waals surface area contributed by atoms with Gasteiger partial charge in [0.25, 0.3) is 5.91 Å². The fourth-order valence-electron chi connectivity index (χ4n) is 3.51. The van der Waals surface area contributed by atoms with Crippen LogP contribution in [0.2, 0.25) is 5.15 Å². The molecule has 2 atom stereocenters. The minimum Gasteiger partial charge on any atom is -0.465 e. The molecular weight excluding hydrogens is 415 g/mol. The van der Waals surface area contributed by atoms with Gasteiger partial charge in [-0.3, -0.25) is 4.79 Å². The molecule has 0 unspecified atom stereocenters. The van der Waals surface area contributed by atoms with Gasteiger partial charge in [-0.05, 0) is 31.0 Å². The average molecular weight is 439 g/mol. The topological polar surface area (TPSA) is 96.6 Å². The molecule has 2 heterocycles. The van der Waals surface area contributed by atoms with E-state index in [0.717, 1.165) is 0 Å². The van der Waals surface area contributed by atoms with Gasteiger partial charge in [0, 0.05) is 20.2 Å². The first kappa shape index (κ1) is 22.0. The monoisotopic (exact) mass is 438 g/mol. The van der Waals surface area contributed by atoms with Gasteiger partial charge >= 0.3 is 5.97 Å². The molecule has 2 N–H and O–H groups in total. The lowest BCUT2D eigenvalue weighted by molar-refractivity contribution is 0.0536. The summed E-state index contributed by atoms with van der Waals surface area (Å²) in [6, 6.07) is 3.79. The molecule has 1 aromatic heterocycles. The number of hydrogen-bond donors (Lipinski definition) is 2. The highest BCUT2D eigenvalue weighted by molar-refractivity contribution is 6.30. The largest absolute Gasteiger partial charge is 0.465 e. The number of ether oxygens (including phenoxy) is 2. The molecule has 30 heavy (non-hydrogen) atoms. The van der Waals surface area contributed by atoms with Crippen LogP contribution in [0.1, 0.15) is 40.0 Å². The number of aromatic amines is 1. The van der Waals surface area contributed by atoms with Crippen molar-refractivity contribution in [1.29, 1.82) is 0 Å². The van der Waals surface area contributed by atoms with Crippen molar-refractivity contribution < 1.29 is 23.5 Å². The Kier molecular flexibility index (Phi) is 6.94. The van der Waals surface area contributed by atoms with Gasteiger partial charge in [0.2, 0.25) is 0 Å². The number of amides is 1. The molecule has 1 aliphatic heterocycles. The number of aromatic nitrogens is 2. The van der Waals surface area contributed by atoms with Crippen LogP contribution < -0.4 is 10.2 Å². The summed E-state index contributed by atoms with van der Waals surface area (Å²) < 4.78 is 24.7. The normalized spacial score (nSPS) is 18.9. The smallest absolute Gasteiger partial charge is 0.337 e. The Balaban J connectivity index is 1.72. The summed E-state index contributed by atoms with van der Waals surface area (Å²) in [5.74, 6) is -1.22. The molecule has 162 valence electrons. The lowest BCUT2D eigenvalue weighted by Gasteiger charge is -2.39. The quantitative estimate of drug-likeness (QED) is 0.673. The lowest BCUT2D eigenvalue weighted by atomic mass is 10.00. The van der Waals surface area contributed by atoms with Crippen molar-refractivity contribution in [1.82, 2.24) is 15.3 Å². The first-order chi connectivity index (χ1) is 14.4. The van der Waals surface area contributed by atoms with Gasteiger partial charge < -0.3 is 24.7 Å². The van der Waals surface area contributed by atoms with E-state index >= 15 is 0 Å². The molecule has 0 aliphatic carbocycles. The number of carbonyl (C=O) groups is 2. The number of halogens is 2. The number of imidazole rings is 1. The molecule has 1 aromatic carbocycles. The second-order valence-electron chi connectivity index (χ2n) is 6.95. The summed E-state index contributed by atoms with van der Waals surface area (Å²) in [6.07, 6.45) is 0.760. The summed E-state index contributed by atoms with van der Waals surface area (Å²) in [5.41, 5.74) is 1.25.